The van der Waals surface area contributed by atoms with Crippen LogP contribution in [0.5, 0.6) is 0 Å². The second-order valence-electron chi connectivity index (χ2n) is 6.93. The van der Waals surface area contributed by atoms with Crippen LogP contribution in [0, 0.1) is 0 Å². The molecule has 1 amide bonds. The molecule has 0 fully saturated rings. The molecule has 3 rings (SSSR count). The summed E-state index contributed by atoms with van der Waals surface area (Å²) in [6.45, 7) is 5.29. The average Bonchev–Trinajstić information content (AvgIpc) is 3.46. The molecular weight excluding hydrogens is 400 g/mol. The van der Waals surface area contributed by atoms with Gasteiger partial charge in [0.1, 0.15) is 5.60 Å². The van der Waals surface area contributed by atoms with Crippen LogP contribution in [0.25, 0.3) is 0 Å². The smallest absolute Gasteiger partial charge is 0.291 e. The Morgan fingerprint density at radius 2 is 1.97 bits per heavy atom. The van der Waals surface area contributed by atoms with Crippen LogP contribution in [0.2, 0.25) is 0 Å². The fourth-order valence-electron chi connectivity index (χ4n) is 2.73. The van der Waals surface area contributed by atoms with Gasteiger partial charge in [-0.25, -0.2) is 4.99 Å². The summed E-state index contributed by atoms with van der Waals surface area (Å²) in [6, 6.07) is 14.6. The van der Waals surface area contributed by atoms with Crippen LogP contribution < -0.4 is 16.0 Å². The molecule has 3 aromatic rings. The number of nitrogens with zero attached hydrogens (tertiary/aromatic N) is 1. The van der Waals surface area contributed by atoms with E-state index in [0.717, 1.165) is 10.4 Å². The fraction of sp³-hybridized carbons (Fsp3) is 0.273. The number of aliphatic hydroxyl groups is 1. The topological polar surface area (TPSA) is 98.9 Å². The number of hydrogen-bond donors (Lipinski definition) is 4. The van der Waals surface area contributed by atoms with Gasteiger partial charge < -0.3 is 25.5 Å². The molecule has 30 heavy (non-hydrogen) atoms. The van der Waals surface area contributed by atoms with Gasteiger partial charge in [0.25, 0.3) is 5.91 Å². The number of rotatable bonds is 8. The zero-order valence-corrected chi connectivity index (χ0v) is 17.8. The van der Waals surface area contributed by atoms with E-state index in [4.69, 9.17) is 4.42 Å². The number of carbonyl (C=O) groups excluding carboxylic acids is 1. The normalized spacial score (nSPS) is 13.5. The minimum Gasteiger partial charge on any atom is -0.459 e. The fourth-order valence-corrected chi connectivity index (χ4v) is 3.52. The van der Waals surface area contributed by atoms with E-state index in [1.807, 2.05) is 48.7 Å². The van der Waals surface area contributed by atoms with Crippen LogP contribution in [-0.2, 0) is 12.1 Å². The first kappa shape index (κ1) is 21.6. The Hall–Kier alpha value is -3.10. The lowest BCUT2D eigenvalue weighted by Gasteiger charge is -2.23. The number of furan rings is 1. The Balaban J connectivity index is 1.57. The molecule has 0 saturated heterocycles. The molecule has 1 aromatic carbocycles. The minimum atomic E-state index is -0.974. The molecule has 0 aliphatic rings. The summed E-state index contributed by atoms with van der Waals surface area (Å²) in [5.41, 5.74) is 0.701. The van der Waals surface area contributed by atoms with Gasteiger partial charge in [0.15, 0.2) is 11.7 Å². The lowest BCUT2D eigenvalue weighted by molar-refractivity contribution is 0.0655. The van der Waals surface area contributed by atoms with Crippen molar-refractivity contribution >= 4 is 28.9 Å². The summed E-state index contributed by atoms with van der Waals surface area (Å²) in [5.74, 6) is 0.607. The maximum Gasteiger partial charge on any atom is 0.291 e. The van der Waals surface area contributed by atoms with Crippen molar-refractivity contribution in [2.45, 2.75) is 26.0 Å². The molecular formula is C22H26N4O3S. The molecule has 2 heterocycles. The van der Waals surface area contributed by atoms with Crippen LogP contribution in [0.1, 0.15) is 34.8 Å². The number of aliphatic imine (C=N–C) groups is 1. The molecule has 2 aromatic heterocycles. The van der Waals surface area contributed by atoms with E-state index >= 15 is 0 Å². The van der Waals surface area contributed by atoms with Crippen molar-refractivity contribution in [2.24, 2.45) is 4.99 Å². The molecule has 0 radical (unpaired) electrons. The summed E-state index contributed by atoms with van der Waals surface area (Å²) >= 11 is 1.52. The van der Waals surface area contributed by atoms with Crippen LogP contribution in [-0.4, -0.2) is 30.1 Å². The van der Waals surface area contributed by atoms with Gasteiger partial charge in [-0.2, -0.15) is 0 Å². The SMILES string of the molecule is CCNC(=NCc1ccc(NC(=O)c2ccco2)cc1)NCC(C)(O)c1cccs1. The summed E-state index contributed by atoms with van der Waals surface area (Å²) in [7, 11) is 0. The first-order valence-electron chi connectivity index (χ1n) is 9.70. The first-order valence-corrected chi connectivity index (χ1v) is 10.6. The molecule has 158 valence electrons. The standard InChI is InChI=1S/C22H26N4O3S/c1-3-23-21(25-15-22(2,28)19-7-5-13-30-19)24-14-16-8-10-17(11-9-16)26-20(27)18-6-4-12-29-18/h4-13,28H,3,14-15H2,1-2H3,(H,26,27)(H2,23,24,25). The average molecular weight is 427 g/mol. The Morgan fingerprint density at radius 3 is 2.60 bits per heavy atom. The Bertz CT molecular complexity index is 949. The monoisotopic (exact) mass is 426 g/mol. The van der Waals surface area contributed by atoms with Crippen LogP contribution in [0.3, 0.4) is 0 Å². The highest BCUT2D eigenvalue weighted by molar-refractivity contribution is 7.10. The number of hydrogen-bond acceptors (Lipinski definition) is 5. The predicted octanol–water partition coefficient (Wildman–Crippen LogP) is 3.56. The van der Waals surface area contributed by atoms with Gasteiger partial charge in [-0.3, -0.25) is 4.79 Å². The van der Waals surface area contributed by atoms with Gasteiger partial charge in [-0.1, -0.05) is 18.2 Å². The molecule has 0 spiro atoms. The van der Waals surface area contributed by atoms with E-state index in [1.54, 1.807) is 19.1 Å². The van der Waals surface area contributed by atoms with Gasteiger partial charge in [0, 0.05) is 17.1 Å². The van der Waals surface area contributed by atoms with Gasteiger partial charge >= 0.3 is 0 Å². The van der Waals surface area contributed by atoms with Crippen molar-refractivity contribution in [3.8, 4) is 0 Å². The van der Waals surface area contributed by atoms with Crippen molar-refractivity contribution in [3.63, 3.8) is 0 Å². The van der Waals surface area contributed by atoms with Crippen molar-refractivity contribution in [3.05, 3.63) is 76.4 Å². The molecule has 1 atom stereocenters. The summed E-state index contributed by atoms with van der Waals surface area (Å²) in [5, 5.41) is 21.8. The molecule has 7 nitrogen and oxygen atoms in total. The minimum absolute atomic E-state index is 0.267. The summed E-state index contributed by atoms with van der Waals surface area (Å²) in [4.78, 5) is 17.5. The second kappa shape index (κ2) is 10.1. The van der Waals surface area contributed by atoms with Gasteiger partial charge in [0.05, 0.1) is 19.4 Å². The van der Waals surface area contributed by atoms with E-state index in [9.17, 15) is 9.90 Å². The van der Waals surface area contributed by atoms with Crippen molar-refractivity contribution in [1.82, 2.24) is 10.6 Å². The molecule has 0 aliphatic carbocycles. The Labute approximate surface area is 179 Å². The number of thiophene rings is 1. The maximum absolute atomic E-state index is 12.0. The zero-order chi connectivity index (χ0) is 21.4. The third kappa shape index (κ3) is 5.95. The molecule has 1 unspecified atom stereocenters. The van der Waals surface area contributed by atoms with E-state index in [0.29, 0.717) is 31.3 Å². The summed E-state index contributed by atoms with van der Waals surface area (Å²) < 4.78 is 5.09. The zero-order valence-electron chi connectivity index (χ0n) is 17.0. The predicted molar refractivity (Wildman–Crippen MR) is 120 cm³/mol. The van der Waals surface area contributed by atoms with Gasteiger partial charge in [-0.05, 0) is 55.1 Å². The molecule has 0 aliphatic heterocycles. The molecule has 4 N–H and O–H groups in total. The van der Waals surface area contributed by atoms with Crippen LogP contribution >= 0.6 is 11.3 Å². The van der Waals surface area contributed by atoms with Crippen molar-refractivity contribution in [2.75, 3.05) is 18.4 Å². The van der Waals surface area contributed by atoms with E-state index < -0.39 is 5.60 Å². The number of guanidine groups is 1. The van der Waals surface area contributed by atoms with Crippen molar-refractivity contribution < 1.29 is 14.3 Å². The molecule has 8 heteroatoms. The van der Waals surface area contributed by atoms with E-state index in [1.165, 1.54) is 17.6 Å². The van der Waals surface area contributed by atoms with Crippen LogP contribution in [0.15, 0.2) is 69.6 Å². The quantitative estimate of drug-likeness (QED) is 0.326. The van der Waals surface area contributed by atoms with Gasteiger partial charge in [-0.15, -0.1) is 11.3 Å². The van der Waals surface area contributed by atoms with Crippen molar-refractivity contribution in [1.29, 1.82) is 0 Å². The first-order chi connectivity index (χ1) is 14.5. The number of anilines is 1. The second-order valence-corrected chi connectivity index (χ2v) is 7.88. The number of carbonyl (C=O) groups is 1. The van der Waals surface area contributed by atoms with Crippen LogP contribution in [0.4, 0.5) is 5.69 Å². The highest BCUT2D eigenvalue weighted by atomic mass is 32.1. The largest absolute Gasteiger partial charge is 0.459 e. The van der Waals surface area contributed by atoms with E-state index in [-0.39, 0.29) is 11.7 Å². The highest BCUT2D eigenvalue weighted by Crippen LogP contribution is 2.24. The number of benzene rings is 1. The molecule has 0 bridgehead atoms. The third-order valence-electron chi connectivity index (χ3n) is 4.37. The Morgan fingerprint density at radius 1 is 1.17 bits per heavy atom. The lowest BCUT2D eigenvalue weighted by atomic mass is 10.1. The number of amides is 1. The molecule has 0 saturated carbocycles. The lowest BCUT2D eigenvalue weighted by Crippen LogP contribution is -2.44. The van der Waals surface area contributed by atoms with E-state index in [2.05, 4.69) is 20.9 Å². The Kier molecular flexibility index (Phi) is 7.26. The summed E-state index contributed by atoms with van der Waals surface area (Å²) in [6.07, 6.45) is 1.46. The third-order valence-corrected chi connectivity index (χ3v) is 5.50. The highest BCUT2D eigenvalue weighted by Gasteiger charge is 2.24. The number of nitrogens with one attached hydrogen (secondary N) is 3. The maximum atomic E-state index is 12.0. The van der Waals surface area contributed by atoms with Gasteiger partial charge in [0.2, 0.25) is 0 Å².